The van der Waals surface area contributed by atoms with Crippen LogP contribution >= 0.6 is 0 Å². The Balaban J connectivity index is 1.98. The summed E-state index contributed by atoms with van der Waals surface area (Å²) in [6.07, 6.45) is 1.30. The number of hydrogen-bond acceptors (Lipinski definition) is 2. The van der Waals surface area contributed by atoms with Gasteiger partial charge in [0.25, 0.3) is 0 Å². The van der Waals surface area contributed by atoms with E-state index in [-0.39, 0.29) is 23.7 Å². The maximum Gasteiger partial charge on any atom is 0.225 e. The normalized spacial score (nSPS) is 21.1. The van der Waals surface area contributed by atoms with Gasteiger partial charge in [0, 0.05) is 25.0 Å². The van der Waals surface area contributed by atoms with Crippen LogP contribution in [-0.2, 0) is 11.2 Å². The van der Waals surface area contributed by atoms with E-state index in [1.807, 2.05) is 6.92 Å². The van der Waals surface area contributed by atoms with E-state index in [0.29, 0.717) is 18.5 Å². The smallest absolute Gasteiger partial charge is 0.225 e. The van der Waals surface area contributed by atoms with E-state index >= 15 is 0 Å². The number of nitrogens with zero attached hydrogens (tertiary/aromatic N) is 1. The Bertz CT molecular complexity index is 436. The molecule has 0 saturated carbocycles. The summed E-state index contributed by atoms with van der Waals surface area (Å²) in [4.78, 5) is 13.9. The number of benzene rings is 1. The van der Waals surface area contributed by atoms with Crippen LogP contribution < -0.4 is 5.73 Å². The number of halogens is 1. The summed E-state index contributed by atoms with van der Waals surface area (Å²) in [5.41, 5.74) is 6.38. The molecule has 1 saturated heterocycles. The highest BCUT2D eigenvalue weighted by Crippen LogP contribution is 2.17. The zero-order chi connectivity index (χ0) is 13.1. The Labute approximate surface area is 107 Å². The molecule has 4 heteroatoms. The summed E-state index contributed by atoms with van der Waals surface area (Å²) in [6.45, 7) is 3.20. The lowest BCUT2D eigenvalue weighted by atomic mass is 9.99. The Morgan fingerprint density at radius 3 is 2.89 bits per heavy atom. The van der Waals surface area contributed by atoms with Gasteiger partial charge in [-0.05, 0) is 24.5 Å². The minimum atomic E-state index is -0.240. The Kier molecular flexibility index (Phi) is 3.97. The van der Waals surface area contributed by atoms with Crippen LogP contribution in [-0.4, -0.2) is 29.9 Å². The molecule has 2 rings (SSSR count). The first-order valence-electron chi connectivity index (χ1n) is 6.35. The second-order valence-corrected chi connectivity index (χ2v) is 5.03. The van der Waals surface area contributed by atoms with Crippen LogP contribution in [0.25, 0.3) is 0 Å². The third kappa shape index (κ3) is 2.88. The number of amides is 1. The van der Waals surface area contributed by atoms with Crippen molar-refractivity contribution in [3.05, 3.63) is 35.6 Å². The fraction of sp³-hybridized carbons (Fsp3) is 0.500. The van der Waals surface area contributed by atoms with E-state index < -0.39 is 0 Å². The van der Waals surface area contributed by atoms with Gasteiger partial charge in [-0.3, -0.25) is 4.79 Å². The summed E-state index contributed by atoms with van der Waals surface area (Å²) in [5, 5.41) is 0. The number of nitrogens with two attached hydrogens (primary N) is 1. The van der Waals surface area contributed by atoms with Gasteiger partial charge >= 0.3 is 0 Å². The lowest BCUT2D eigenvalue weighted by Crippen LogP contribution is -2.36. The van der Waals surface area contributed by atoms with Crippen molar-refractivity contribution in [2.75, 3.05) is 13.1 Å². The van der Waals surface area contributed by atoms with Crippen molar-refractivity contribution in [1.29, 1.82) is 0 Å². The average molecular weight is 250 g/mol. The first-order chi connectivity index (χ1) is 8.58. The SMILES string of the molecule is C[C@@H](Cc1ccccc1F)C(=O)N1CC[C@H](N)C1. The number of carbonyl (C=O) groups is 1. The molecule has 1 aromatic carbocycles. The third-order valence-corrected chi connectivity index (χ3v) is 3.44. The van der Waals surface area contributed by atoms with E-state index in [1.54, 1.807) is 23.1 Å². The van der Waals surface area contributed by atoms with Crippen LogP contribution in [0.1, 0.15) is 18.9 Å². The van der Waals surface area contributed by atoms with Gasteiger partial charge in [-0.2, -0.15) is 0 Å². The predicted molar refractivity (Wildman–Crippen MR) is 68.4 cm³/mol. The van der Waals surface area contributed by atoms with Crippen molar-refractivity contribution in [1.82, 2.24) is 4.90 Å². The summed E-state index contributed by atoms with van der Waals surface area (Å²) >= 11 is 0. The molecule has 0 spiro atoms. The van der Waals surface area contributed by atoms with Crippen molar-refractivity contribution in [3.8, 4) is 0 Å². The van der Waals surface area contributed by atoms with Gasteiger partial charge in [-0.1, -0.05) is 25.1 Å². The second-order valence-electron chi connectivity index (χ2n) is 5.03. The van der Waals surface area contributed by atoms with Crippen molar-refractivity contribution in [2.24, 2.45) is 11.7 Å². The minimum Gasteiger partial charge on any atom is -0.341 e. The molecule has 0 aromatic heterocycles. The van der Waals surface area contributed by atoms with Gasteiger partial charge in [-0.15, -0.1) is 0 Å². The number of rotatable bonds is 3. The van der Waals surface area contributed by atoms with Crippen molar-refractivity contribution < 1.29 is 9.18 Å². The van der Waals surface area contributed by atoms with E-state index in [9.17, 15) is 9.18 Å². The second kappa shape index (κ2) is 5.48. The molecule has 0 unspecified atom stereocenters. The average Bonchev–Trinajstić information content (AvgIpc) is 2.78. The first kappa shape index (κ1) is 13.0. The minimum absolute atomic E-state index is 0.0752. The molecule has 0 radical (unpaired) electrons. The Morgan fingerprint density at radius 2 is 2.28 bits per heavy atom. The lowest BCUT2D eigenvalue weighted by molar-refractivity contribution is -0.133. The predicted octanol–water partition coefficient (Wildman–Crippen LogP) is 1.56. The van der Waals surface area contributed by atoms with Gasteiger partial charge in [0.2, 0.25) is 5.91 Å². The van der Waals surface area contributed by atoms with Crippen LogP contribution in [0.4, 0.5) is 4.39 Å². The van der Waals surface area contributed by atoms with E-state index in [2.05, 4.69) is 0 Å². The molecule has 0 bridgehead atoms. The van der Waals surface area contributed by atoms with Gasteiger partial charge in [0.15, 0.2) is 0 Å². The van der Waals surface area contributed by atoms with Crippen molar-refractivity contribution >= 4 is 5.91 Å². The third-order valence-electron chi connectivity index (χ3n) is 3.44. The molecule has 18 heavy (non-hydrogen) atoms. The topological polar surface area (TPSA) is 46.3 Å². The van der Waals surface area contributed by atoms with E-state index in [4.69, 9.17) is 5.73 Å². The highest BCUT2D eigenvalue weighted by Gasteiger charge is 2.27. The molecule has 1 heterocycles. The Morgan fingerprint density at radius 1 is 1.56 bits per heavy atom. The fourth-order valence-electron chi connectivity index (χ4n) is 2.38. The number of hydrogen-bond donors (Lipinski definition) is 1. The lowest BCUT2D eigenvalue weighted by Gasteiger charge is -2.20. The molecule has 3 nitrogen and oxygen atoms in total. The molecule has 2 N–H and O–H groups in total. The van der Waals surface area contributed by atoms with E-state index in [0.717, 1.165) is 13.0 Å². The van der Waals surface area contributed by atoms with Gasteiger partial charge in [-0.25, -0.2) is 4.39 Å². The molecule has 1 aromatic rings. The molecule has 1 aliphatic heterocycles. The monoisotopic (exact) mass is 250 g/mol. The van der Waals surface area contributed by atoms with E-state index in [1.165, 1.54) is 6.07 Å². The molecule has 1 fully saturated rings. The first-order valence-corrected chi connectivity index (χ1v) is 6.35. The number of likely N-dealkylation sites (tertiary alicyclic amines) is 1. The molecule has 98 valence electrons. The fourth-order valence-corrected chi connectivity index (χ4v) is 2.38. The van der Waals surface area contributed by atoms with Gasteiger partial charge < -0.3 is 10.6 Å². The van der Waals surface area contributed by atoms with Crippen LogP contribution in [0.5, 0.6) is 0 Å². The molecule has 2 atom stereocenters. The van der Waals surface area contributed by atoms with Gasteiger partial charge in [0.05, 0.1) is 0 Å². The maximum absolute atomic E-state index is 13.5. The standard InChI is InChI=1S/C14H19FN2O/c1-10(8-11-4-2-3-5-13(11)15)14(18)17-7-6-12(16)9-17/h2-5,10,12H,6-9,16H2,1H3/t10-,12-/m0/s1. The number of carbonyl (C=O) groups excluding carboxylic acids is 1. The van der Waals surface area contributed by atoms with Crippen LogP contribution in [0.3, 0.4) is 0 Å². The Hall–Kier alpha value is -1.42. The summed E-state index contributed by atoms with van der Waals surface area (Å²) in [7, 11) is 0. The largest absolute Gasteiger partial charge is 0.341 e. The zero-order valence-corrected chi connectivity index (χ0v) is 10.6. The maximum atomic E-state index is 13.5. The molecule has 0 aliphatic carbocycles. The van der Waals surface area contributed by atoms with Gasteiger partial charge in [0.1, 0.15) is 5.82 Å². The van der Waals surface area contributed by atoms with Crippen LogP contribution in [0, 0.1) is 11.7 Å². The van der Waals surface area contributed by atoms with Crippen molar-refractivity contribution in [2.45, 2.75) is 25.8 Å². The summed E-state index contributed by atoms with van der Waals surface area (Å²) in [5.74, 6) is -0.367. The van der Waals surface area contributed by atoms with Crippen molar-refractivity contribution in [3.63, 3.8) is 0 Å². The highest BCUT2D eigenvalue weighted by molar-refractivity contribution is 5.79. The zero-order valence-electron chi connectivity index (χ0n) is 10.6. The molecule has 1 aliphatic rings. The molecular formula is C14H19FN2O. The highest BCUT2D eigenvalue weighted by atomic mass is 19.1. The quantitative estimate of drug-likeness (QED) is 0.885. The molecule has 1 amide bonds. The van der Waals surface area contributed by atoms with Crippen LogP contribution in [0.2, 0.25) is 0 Å². The van der Waals surface area contributed by atoms with Crippen LogP contribution in [0.15, 0.2) is 24.3 Å². The molecular weight excluding hydrogens is 231 g/mol. The summed E-state index contributed by atoms with van der Waals surface area (Å²) < 4.78 is 13.5. The summed E-state index contributed by atoms with van der Waals surface area (Å²) in [6, 6.07) is 6.70.